The molecule has 0 radical (unpaired) electrons. The summed E-state index contributed by atoms with van der Waals surface area (Å²) < 4.78 is 0. The normalized spacial score (nSPS) is 12.4. The molecule has 0 saturated carbocycles. The number of nitrogens with two attached hydrogens (primary N) is 1. The zero-order valence-electron chi connectivity index (χ0n) is 8.35. The third kappa shape index (κ3) is 2.01. The molecular weight excluding hydrogens is 232 g/mol. The predicted octanol–water partition coefficient (Wildman–Crippen LogP) is 0.398. The van der Waals surface area contributed by atoms with Crippen molar-refractivity contribution in [3.05, 3.63) is 17.2 Å². The lowest BCUT2D eigenvalue weighted by molar-refractivity contribution is 0.787. The van der Waals surface area contributed by atoms with E-state index in [9.17, 15) is 0 Å². The highest BCUT2D eigenvalue weighted by molar-refractivity contribution is 6.35. The molecule has 16 heavy (non-hydrogen) atoms. The minimum Gasteiger partial charge on any atom is -0.382 e. The van der Waals surface area contributed by atoms with Crippen molar-refractivity contribution in [1.29, 1.82) is 0 Å². The average Bonchev–Trinajstić information content (AvgIpc) is 2.78. The first-order valence-electron chi connectivity index (χ1n) is 4.44. The molecule has 2 rings (SSSR count). The third-order valence-electron chi connectivity index (χ3n) is 1.92. The number of nitrogens with zero attached hydrogens (tertiary/aromatic N) is 5. The first-order chi connectivity index (χ1) is 7.68. The summed E-state index contributed by atoms with van der Waals surface area (Å²) in [6.45, 7) is 1.85. The summed E-state index contributed by atoms with van der Waals surface area (Å²) in [5.74, 6) is 1.17. The van der Waals surface area contributed by atoms with E-state index in [4.69, 9.17) is 17.3 Å². The fourth-order valence-corrected chi connectivity index (χ4v) is 1.26. The van der Waals surface area contributed by atoms with Crippen LogP contribution in [0.15, 0.2) is 6.33 Å². The Hall–Kier alpha value is -1.96. The Kier molecular flexibility index (Phi) is 2.82. The van der Waals surface area contributed by atoms with Crippen LogP contribution in [0.1, 0.15) is 18.8 Å². The van der Waals surface area contributed by atoms with Crippen LogP contribution >= 0.6 is 11.6 Å². The van der Waals surface area contributed by atoms with Crippen LogP contribution in [-0.4, -0.2) is 30.6 Å². The summed E-state index contributed by atoms with van der Waals surface area (Å²) in [7, 11) is 0. The van der Waals surface area contributed by atoms with Gasteiger partial charge in [-0.1, -0.05) is 16.8 Å². The molecule has 0 aliphatic carbocycles. The number of H-pyrrole nitrogens is 1. The first-order valence-corrected chi connectivity index (χ1v) is 4.82. The molecule has 4 N–H and O–H groups in total. The van der Waals surface area contributed by atoms with Gasteiger partial charge in [-0.25, -0.2) is 9.97 Å². The van der Waals surface area contributed by atoms with Crippen molar-refractivity contribution in [2.24, 2.45) is 0 Å². The number of tetrazole rings is 1. The molecule has 0 amide bonds. The van der Waals surface area contributed by atoms with Gasteiger partial charge in [0.25, 0.3) is 0 Å². The fourth-order valence-electron chi connectivity index (χ4n) is 1.11. The van der Waals surface area contributed by atoms with Crippen LogP contribution in [0.25, 0.3) is 0 Å². The topological polar surface area (TPSA) is 118 Å². The van der Waals surface area contributed by atoms with Crippen LogP contribution in [0.2, 0.25) is 5.02 Å². The number of halogens is 1. The van der Waals surface area contributed by atoms with Gasteiger partial charge in [0.1, 0.15) is 17.2 Å². The monoisotopic (exact) mass is 240 g/mol. The fraction of sp³-hybridized carbons (Fsp3) is 0.286. The van der Waals surface area contributed by atoms with Crippen LogP contribution < -0.4 is 11.1 Å². The second-order valence-corrected chi connectivity index (χ2v) is 3.44. The van der Waals surface area contributed by atoms with Crippen LogP contribution in [0.4, 0.5) is 11.6 Å². The van der Waals surface area contributed by atoms with Crippen LogP contribution in [-0.2, 0) is 0 Å². The van der Waals surface area contributed by atoms with E-state index in [1.54, 1.807) is 0 Å². The molecule has 84 valence electrons. The Morgan fingerprint density at radius 1 is 1.50 bits per heavy atom. The summed E-state index contributed by atoms with van der Waals surface area (Å²) in [5, 5.41) is 16.8. The summed E-state index contributed by atoms with van der Waals surface area (Å²) in [5.41, 5.74) is 5.54. The number of nitrogen functional groups attached to an aromatic ring is 1. The molecular formula is C7H9ClN8. The van der Waals surface area contributed by atoms with Gasteiger partial charge >= 0.3 is 0 Å². The minimum absolute atomic E-state index is 0.189. The third-order valence-corrected chi connectivity index (χ3v) is 2.29. The standard InChI is InChI=1S/C7H9ClN8/c1-3(6-13-15-16-14-6)12-7-4(8)5(9)10-2-11-7/h2-3H,1H3,(H3,9,10,11,12)(H,13,14,15,16). The quantitative estimate of drug-likeness (QED) is 0.710. The number of hydrogen-bond donors (Lipinski definition) is 3. The number of aromatic amines is 1. The molecule has 0 aromatic carbocycles. The van der Waals surface area contributed by atoms with E-state index in [1.165, 1.54) is 6.33 Å². The lowest BCUT2D eigenvalue weighted by Crippen LogP contribution is -2.11. The van der Waals surface area contributed by atoms with Gasteiger partial charge in [0.2, 0.25) is 0 Å². The van der Waals surface area contributed by atoms with Gasteiger partial charge in [-0.3, -0.25) is 0 Å². The Balaban J connectivity index is 2.18. The Morgan fingerprint density at radius 2 is 2.31 bits per heavy atom. The largest absolute Gasteiger partial charge is 0.382 e. The molecule has 0 spiro atoms. The number of hydrogen-bond acceptors (Lipinski definition) is 7. The maximum atomic E-state index is 5.92. The molecule has 1 unspecified atom stereocenters. The molecule has 0 fully saturated rings. The van der Waals surface area contributed by atoms with Crippen molar-refractivity contribution < 1.29 is 0 Å². The van der Waals surface area contributed by atoms with Crippen molar-refractivity contribution in [2.45, 2.75) is 13.0 Å². The molecule has 0 saturated heterocycles. The average molecular weight is 241 g/mol. The van der Waals surface area contributed by atoms with E-state index in [1.807, 2.05) is 6.92 Å². The Morgan fingerprint density at radius 3 is 3.00 bits per heavy atom. The van der Waals surface area contributed by atoms with E-state index in [0.717, 1.165) is 0 Å². The highest BCUT2D eigenvalue weighted by Crippen LogP contribution is 2.25. The molecule has 2 aromatic heterocycles. The van der Waals surface area contributed by atoms with E-state index < -0.39 is 0 Å². The first kappa shape index (κ1) is 10.6. The zero-order valence-corrected chi connectivity index (χ0v) is 9.10. The number of anilines is 2. The molecule has 0 bridgehead atoms. The minimum atomic E-state index is -0.189. The smallest absolute Gasteiger partial charge is 0.196 e. The van der Waals surface area contributed by atoms with Gasteiger partial charge in [-0.15, -0.1) is 10.2 Å². The maximum Gasteiger partial charge on any atom is 0.196 e. The van der Waals surface area contributed by atoms with Gasteiger partial charge in [0.15, 0.2) is 11.6 Å². The van der Waals surface area contributed by atoms with Crippen molar-refractivity contribution in [3.8, 4) is 0 Å². The number of nitrogens with one attached hydrogen (secondary N) is 2. The van der Waals surface area contributed by atoms with Gasteiger partial charge in [-0.2, -0.15) is 5.21 Å². The van der Waals surface area contributed by atoms with Crippen molar-refractivity contribution >= 4 is 23.2 Å². The molecule has 1 atom stereocenters. The van der Waals surface area contributed by atoms with Crippen LogP contribution in [0, 0.1) is 0 Å². The van der Waals surface area contributed by atoms with Gasteiger partial charge in [-0.05, 0) is 6.92 Å². The van der Waals surface area contributed by atoms with Gasteiger partial charge in [0, 0.05) is 0 Å². The lowest BCUT2D eigenvalue weighted by Gasteiger charge is -2.11. The second-order valence-electron chi connectivity index (χ2n) is 3.06. The summed E-state index contributed by atoms with van der Waals surface area (Å²) >= 11 is 5.92. The summed E-state index contributed by atoms with van der Waals surface area (Å²) in [4.78, 5) is 7.72. The zero-order chi connectivity index (χ0) is 11.5. The van der Waals surface area contributed by atoms with Crippen molar-refractivity contribution in [3.63, 3.8) is 0 Å². The Labute approximate surface area is 95.6 Å². The highest BCUT2D eigenvalue weighted by Gasteiger charge is 2.13. The molecule has 0 aliphatic heterocycles. The summed E-state index contributed by atoms with van der Waals surface area (Å²) in [6, 6.07) is -0.189. The molecule has 2 heterocycles. The van der Waals surface area contributed by atoms with E-state index in [0.29, 0.717) is 11.6 Å². The van der Waals surface area contributed by atoms with Crippen LogP contribution in [0.3, 0.4) is 0 Å². The molecule has 9 heteroatoms. The SMILES string of the molecule is CC(Nc1ncnc(N)c1Cl)c1nn[nH]n1. The molecule has 8 nitrogen and oxygen atoms in total. The van der Waals surface area contributed by atoms with Gasteiger partial charge < -0.3 is 11.1 Å². The molecule has 0 aliphatic rings. The van der Waals surface area contributed by atoms with E-state index >= 15 is 0 Å². The highest BCUT2D eigenvalue weighted by atomic mass is 35.5. The van der Waals surface area contributed by atoms with Crippen LogP contribution in [0.5, 0.6) is 0 Å². The number of aromatic nitrogens is 6. The Bertz CT molecular complexity index is 469. The summed E-state index contributed by atoms with van der Waals surface area (Å²) in [6.07, 6.45) is 1.33. The van der Waals surface area contributed by atoms with E-state index in [2.05, 4.69) is 35.9 Å². The van der Waals surface area contributed by atoms with E-state index in [-0.39, 0.29) is 16.9 Å². The van der Waals surface area contributed by atoms with Crippen molar-refractivity contribution in [1.82, 2.24) is 30.6 Å². The lowest BCUT2D eigenvalue weighted by atomic mass is 10.3. The van der Waals surface area contributed by atoms with Gasteiger partial charge in [0.05, 0.1) is 6.04 Å². The molecule has 2 aromatic rings. The number of rotatable bonds is 3. The predicted molar refractivity (Wildman–Crippen MR) is 57.7 cm³/mol. The second kappa shape index (κ2) is 4.27. The maximum absolute atomic E-state index is 5.92. The van der Waals surface area contributed by atoms with Crippen molar-refractivity contribution in [2.75, 3.05) is 11.1 Å².